The highest BCUT2D eigenvalue weighted by atomic mass is 32.1. The van der Waals surface area contributed by atoms with E-state index in [1.807, 2.05) is 13.1 Å². The number of nitrogens with one attached hydrogen (secondary N) is 1. The minimum atomic E-state index is 0.854. The van der Waals surface area contributed by atoms with Crippen LogP contribution < -0.4 is 0 Å². The van der Waals surface area contributed by atoms with Crippen LogP contribution in [-0.4, -0.2) is 15.7 Å². The molecule has 1 aromatic rings. The van der Waals surface area contributed by atoms with Gasteiger partial charge in [0.05, 0.1) is 0 Å². The van der Waals surface area contributed by atoms with Gasteiger partial charge in [-0.1, -0.05) is 0 Å². The maximum absolute atomic E-state index is 4.10. The fourth-order valence-electron chi connectivity index (χ4n) is 0.700. The molecule has 0 amide bonds. The standard InChI is InChI=1S/C6H10N2S/c1-5-4-7-6(8-5)2-3-9/h4,9H,2-3H2,1H3,(H,7,8). The topological polar surface area (TPSA) is 28.7 Å². The normalized spacial score (nSPS) is 10.0. The fourth-order valence-corrected chi connectivity index (χ4v) is 0.912. The summed E-state index contributed by atoms with van der Waals surface area (Å²) in [6.07, 6.45) is 2.76. The van der Waals surface area contributed by atoms with Crippen LogP contribution >= 0.6 is 12.6 Å². The van der Waals surface area contributed by atoms with E-state index in [0.717, 1.165) is 23.7 Å². The molecule has 0 saturated carbocycles. The van der Waals surface area contributed by atoms with Crippen LogP contribution in [0.15, 0.2) is 6.20 Å². The van der Waals surface area contributed by atoms with Crippen LogP contribution in [0.25, 0.3) is 0 Å². The van der Waals surface area contributed by atoms with E-state index in [1.165, 1.54) is 0 Å². The summed E-state index contributed by atoms with van der Waals surface area (Å²) in [5, 5.41) is 0. The van der Waals surface area contributed by atoms with Crippen LogP contribution in [0.5, 0.6) is 0 Å². The van der Waals surface area contributed by atoms with E-state index in [-0.39, 0.29) is 0 Å². The Balaban J connectivity index is 2.61. The highest BCUT2D eigenvalue weighted by molar-refractivity contribution is 7.80. The van der Waals surface area contributed by atoms with Gasteiger partial charge in [-0.2, -0.15) is 12.6 Å². The van der Waals surface area contributed by atoms with E-state index in [4.69, 9.17) is 0 Å². The molecule has 9 heavy (non-hydrogen) atoms. The van der Waals surface area contributed by atoms with Crippen LogP contribution in [0.1, 0.15) is 11.5 Å². The van der Waals surface area contributed by atoms with Crippen molar-refractivity contribution in [3.63, 3.8) is 0 Å². The van der Waals surface area contributed by atoms with Crippen molar-refractivity contribution in [2.45, 2.75) is 13.3 Å². The third kappa shape index (κ3) is 1.75. The first-order chi connectivity index (χ1) is 4.33. The summed E-state index contributed by atoms with van der Waals surface area (Å²) in [4.78, 5) is 7.22. The first kappa shape index (κ1) is 6.68. The number of hydrogen-bond acceptors (Lipinski definition) is 2. The van der Waals surface area contributed by atoms with E-state index in [0.29, 0.717) is 0 Å². The average Bonchev–Trinajstić information content (AvgIpc) is 2.17. The molecular formula is C6H10N2S. The lowest BCUT2D eigenvalue weighted by atomic mass is 10.5. The molecule has 1 aromatic heterocycles. The zero-order chi connectivity index (χ0) is 6.69. The number of aromatic nitrogens is 2. The van der Waals surface area contributed by atoms with Crippen LogP contribution in [0.4, 0.5) is 0 Å². The number of H-pyrrole nitrogens is 1. The van der Waals surface area contributed by atoms with E-state index in [1.54, 1.807) is 0 Å². The number of hydrogen-bond donors (Lipinski definition) is 2. The molecule has 0 radical (unpaired) electrons. The Kier molecular flexibility index (Phi) is 2.16. The van der Waals surface area contributed by atoms with E-state index in [9.17, 15) is 0 Å². The minimum Gasteiger partial charge on any atom is -0.346 e. The molecule has 1 rings (SSSR count). The second kappa shape index (κ2) is 2.92. The Morgan fingerprint density at radius 1 is 1.78 bits per heavy atom. The van der Waals surface area contributed by atoms with Crippen LogP contribution in [0.2, 0.25) is 0 Å². The van der Waals surface area contributed by atoms with Gasteiger partial charge in [-0.05, 0) is 12.7 Å². The van der Waals surface area contributed by atoms with E-state index in [2.05, 4.69) is 22.6 Å². The van der Waals surface area contributed by atoms with Crippen molar-refractivity contribution in [3.05, 3.63) is 17.7 Å². The number of aromatic amines is 1. The Bertz CT molecular complexity index is 183. The molecule has 0 unspecified atom stereocenters. The van der Waals surface area contributed by atoms with Gasteiger partial charge in [-0.3, -0.25) is 0 Å². The van der Waals surface area contributed by atoms with Gasteiger partial charge in [0.25, 0.3) is 0 Å². The summed E-state index contributed by atoms with van der Waals surface area (Å²) < 4.78 is 0. The van der Waals surface area contributed by atoms with Gasteiger partial charge in [0, 0.05) is 18.3 Å². The van der Waals surface area contributed by atoms with Crippen molar-refractivity contribution in [2.24, 2.45) is 0 Å². The summed E-state index contributed by atoms with van der Waals surface area (Å²) in [5.74, 6) is 1.88. The Morgan fingerprint density at radius 3 is 3.00 bits per heavy atom. The molecular weight excluding hydrogens is 132 g/mol. The molecule has 2 nitrogen and oxygen atoms in total. The SMILES string of the molecule is Cc1cnc(CCS)[nH]1. The smallest absolute Gasteiger partial charge is 0.107 e. The Morgan fingerprint density at radius 2 is 2.56 bits per heavy atom. The quantitative estimate of drug-likeness (QED) is 0.597. The highest BCUT2D eigenvalue weighted by Crippen LogP contribution is 1.95. The molecule has 0 atom stereocenters. The first-order valence-corrected chi connectivity index (χ1v) is 3.57. The van der Waals surface area contributed by atoms with Gasteiger partial charge in [0.2, 0.25) is 0 Å². The maximum Gasteiger partial charge on any atom is 0.107 e. The molecule has 0 aliphatic rings. The van der Waals surface area contributed by atoms with Crippen LogP contribution in [0, 0.1) is 6.92 Å². The number of thiol groups is 1. The van der Waals surface area contributed by atoms with Gasteiger partial charge >= 0.3 is 0 Å². The summed E-state index contributed by atoms with van der Waals surface area (Å²) in [7, 11) is 0. The van der Waals surface area contributed by atoms with Crippen molar-refractivity contribution >= 4 is 12.6 Å². The van der Waals surface area contributed by atoms with Crippen molar-refractivity contribution in [1.29, 1.82) is 0 Å². The third-order valence-electron chi connectivity index (χ3n) is 1.10. The maximum atomic E-state index is 4.10. The summed E-state index contributed by atoms with van der Waals surface area (Å²) in [5.41, 5.74) is 1.12. The molecule has 1 N–H and O–H groups in total. The second-order valence-corrected chi connectivity index (χ2v) is 2.43. The molecule has 0 aromatic carbocycles. The summed E-state index contributed by atoms with van der Waals surface area (Å²) >= 11 is 4.08. The molecule has 0 spiro atoms. The fraction of sp³-hybridized carbons (Fsp3) is 0.500. The van der Waals surface area contributed by atoms with Gasteiger partial charge in [-0.15, -0.1) is 0 Å². The average molecular weight is 142 g/mol. The summed E-state index contributed by atoms with van der Waals surface area (Å²) in [6.45, 7) is 2.00. The Hall–Kier alpha value is -0.440. The molecule has 50 valence electrons. The number of imidazole rings is 1. The van der Waals surface area contributed by atoms with Crippen LogP contribution in [-0.2, 0) is 6.42 Å². The predicted molar refractivity (Wildman–Crippen MR) is 40.9 cm³/mol. The summed E-state index contributed by atoms with van der Waals surface area (Å²) in [6, 6.07) is 0. The van der Waals surface area contributed by atoms with Gasteiger partial charge in [-0.25, -0.2) is 4.98 Å². The van der Waals surface area contributed by atoms with E-state index >= 15 is 0 Å². The monoisotopic (exact) mass is 142 g/mol. The number of nitrogens with zero attached hydrogens (tertiary/aromatic N) is 1. The minimum absolute atomic E-state index is 0.854. The zero-order valence-corrected chi connectivity index (χ0v) is 6.28. The van der Waals surface area contributed by atoms with Crippen molar-refractivity contribution < 1.29 is 0 Å². The van der Waals surface area contributed by atoms with Crippen LogP contribution in [0.3, 0.4) is 0 Å². The van der Waals surface area contributed by atoms with E-state index < -0.39 is 0 Å². The zero-order valence-electron chi connectivity index (χ0n) is 5.39. The molecule has 0 bridgehead atoms. The van der Waals surface area contributed by atoms with Crippen molar-refractivity contribution in [3.8, 4) is 0 Å². The molecule has 3 heteroatoms. The number of aryl methyl sites for hydroxylation is 2. The van der Waals surface area contributed by atoms with Gasteiger partial charge in [0.1, 0.15) is 5.82 Å². The van der Waals surface area contributed by atoms with Gasteiger partial charge in [0.15, 0.2) is 0 Å². The highest BCUT2D eigenvalue weighted by Gasteiger charge is 1.92. The van der Waals surface area contributed by atoms with Crippen molar-refractivity contribution in [1.82, 2.24) is 9.97 Å². The largest absolute Gasteiger partial charge is 0.346 e. The third-order valence-corrected chi connectivity index (χ3v) is 1.33. The Labute approximate surface area is 60.1 Å². The molecule has 0 aliphatic carbocycles. The molecule has 0 fully saturated rings. The van der Waals surface area contributed by atoms with Crippen molar-refractivity contribution in [2.75, 3.05) is 5.75 Å². The number of rotatable bonds is 2. The first-order valence-electron chi connectivity index (χ1n) is 2.94. The molecule has 0 saturated heterocycles. The lowest BCUT2D eigenvalue weighted by Crippen LogP contribution is -1.87. The predicted octanol–water partition coefficient (Wildman–Crippen LogP) is 1.19. The molecule has 0 aliphatic heterocycles. The lowest BCUT2D eigenvalue weighted by molar-refractivity contribution is 0.994. The lowest BCUT2D eigenvalue weighted by Gasteiger charge is -1.87. The second-order valence-electron chi connectivity index (χ2n) is 1.99. The van der Waals surface area contributed by atoms with Gasteiger partial charge < -0.3 is 4.98 Å². The molecule has 1 heterocycles.